The molecule has 0 spiro atoms. The first kappa shape index (κ1) is 15.1. The Kier molecular flexibility index (Phi) is 4.04. The van der Waals surface area contributed by atoms with E-state index >= 15 is 0 Å². The van der Waals surface area contributed by atoms with Crippen molar-refractivity contribution in [3.05, 3.63) is 52.8 Å². The molecule has 8 heteroatoms. The number of nitrogens with one attached hydrogen (secondary N) is 1. The van der Waals surface area contributed by atoms with Gasteiger partial charge >= 0.3 is 6.18 Å². The van der Waals surface area contributed by atoms with Crippen LogP contribution in [0.3, 0.4) is 0 Å². The van der Waals surface area contributed by atoms with E-state index in [1.807, 2.05) is 0 Å². The zero-order valence-electron chi connectivity index (χ0n) is 10.3. The van der Waals surface area contributed by atoms with Gasteiger partial charge in [-0.05, 0) is 30.3 Å². The van der Waals surface area contributed by atoms with Crippen molar-refractivity contribution in [1.29, 1.82) is 0 Å². The maximum Gasteiger partial charge on any atom is 0.418 e. The molecule has 0 saturated heterocycles. The third-order valence-electron chi connectivity index (χ3n) is 2.54. The van der Waals surface area contributed by atoms with Crippen LogP contribution in [0.2, 0.25) is 5.02 Å². The van der Waals surface area contributed by atoms with Gasteiger partial charge in [-0.2, -0.15) is 13.2 Å². The molecule has 21 heavy (non-hydrogen) atoms. The average molecular weight is 317 g/mol. The smallest absolute Gasteiger partial charge is 0.418 e. The zero-order chi connectivity index (χ0) is 15.6. The maximum atomic E-state index is 12.9. The Morgan fingerprint density at radius 2 is 2.00 bits per heavy atom. The van der Waals surface area contributed by atoms with Gasteiger partial charge in [0.15, 0.2) is 5.69 Å². The molecule has 2 aromatic rings. The molecule has 0 unspecified atom stereocenters. The summed E-state index contributed by atoms with van der Waals surface area (Å²) in [5, 5.41) is 11.4. The lowest BCUT2D eigenvalue weighted by molar-refractivity contribution is -0.136. The van der Waals surface area contributed by atoms with Crippen molar-refractivity contribution in [2.75, 3.05) is 5.32 Å². The first-order valence-corrected chi connectivity index (χ1v) is 5.99. The number of halogens is 4. The largest absolute Gasteiger partial charge is 0.505 e. The van der Waals surface area contributed by atoms with Crippen molar-refractivity contribution in [2.45, 2.75) is 6.18 Å². The van der Waals surface area contributed by atoms with Gasteiger partial charge in [0.1, 0.15) is 5.75 Å². The van der Waals surface area contributed by atoms with Crippen LogP contribution in [0.15, 0.2) is 36.5 Å². The van der Waals surface area contributed by atoms with Crippen LogP contribution in [0.1, 0.15) is 16.1 Å². The van der Waals surface area contributed by atoms with E-state index in [1.165, 1.54) is 24.4 Å². The van der Waals surface area contributed by atoms with Gasteiger partial charge in [-0.15, -0.1) is 0 Å². The molecule has 0 aliphatic carbocycles. The Morgan fingerprint density at radius 1 is 1.29 bits per heavy atom. The number of benzene rings is 1. The second kappa shape index (κ2) is 5.61. The van der Waals surface area contributed by atoms with E-state index in [2.05, 4.69) is 10.3 Å². The summed E-state index contributed by atoms with van der Waals surface area (Å²) in [6.45, 7) is 0. The number of aromatic nitrogens is 1. The quantitative estimate of drug-likeness (QED) is 0.887. The summed E-state index contributed by atoms with van der Waals surface area (Å²) in [6.07, 6.45) is -3.44. The number of carbonyl (C=O) groups excluding carboxylic acids is 1. The lowest BCUT2D eigenvalue weighted by atomic mass is 10.1. The van der Waals surface area contributed by atoms with E-state index in [0.717, 1.165) is 6.07 Å². The third-order valence-corrected chi connectivity index (χ3v) is 2.77. The zero-order valence-corrected chi connectivity index (χ0v) is 11.0. The van der Waals surface area contributed by atoms with Crippen LogP contribution in [0.5, 0.6) is 5.75 Å². The Bertz CT molecular complexity index is 689. The lowest BCUT2D eigenvalue weighted by Gasteiger charge is -2.14. The van der Waals surface area contributed by atoms with E-state index in [1.54, 1.807) is 0 Å². The molecule has 110 valence electrons. The summed E-state index contributed by atoms with van der Waals surface area (Å²) >= 11 is 5.54. The molecule has 0 aliphatic heterocycles. The number of hydrogen-bond acceptors (Lipinski definition) is 3. The minimum Gasteiger partial charge on any atom is -0.505 e. The summed E-state index contributed by atoms with van der Waals surface area (Å²) in [5.41, 5.74) is -1.93. The number of rotatable bonds is 2. The van der Waals surface area contributed by atoms with Crippen molar-refractivity contribution >= 4 is 23.2 Å². The van der Waals surface area contributed by atoms with Gasteiger partial charge in [-0.1, -0.05) is 11.6 Å². The SMILES string of the molecule is O=C(Nc1ccc(Cl)cc1C(F)(F)F)c1ncccc1O. The van der Waals surface area contributed by atoms with Crippen LogP contribution >= 0.6 is 11.6 Å². The summed E-state index contributed by atoms with van der Waals surface area (Å²) in [6, 6.07) is 5.53. The van der Waals surface area contributed by atoms with Crippen molar-refractivity contribution in [2.24, 2.45) is 0 Å². The minimum atomic E-state index is -4.68. The first-order chi connectivity index (χ1) is 9.79. The average Bonchev–Trinajstić information content (AvgIpc) is 2.40. The van der Waals surface area contributed by atoms with Gasteiger partial charge in [-0.25, -0.2) is 4.98 Å². The van der Waals surface area contributed by atoms with Gasteiger partial charge in [0.2, 0.25) is 0 Å². The molecule has 1 aromatic carbocycles. The molecule has 0 bridgehead atoms. The fourth-order valence-corrected chi connectivity index (χ4v) is 1.79. The van der Waals surface area contributed by atoms with Crippen LogP contribution in [-0.4, -0.2) is 16.0 Å². The minimum absolute atomic E-state index is 0.110. The predicted molar refractivity (Wildman–Crippen MR) is 70.3 cm³/mol. The van der Waals surface area contributed by atoms with E-state index in [9.17, 15) is 23.1 Å². The monoisotopic (exact) mass is 316 g/mol. The Balaban J connectivity index is 2.36. The molecule has 1 heterocycles. The molecule has 2 rings (SSSR count). The Labute approximate surface area is 122 Å². The van der Waals surface area contributed by atoms with Gasteiger partial charge < -0.3 is 10.4 Å². The predicted octanol–water partition coefficient (Wildman–Crippen LogP) is 3.71. The number of hydrogen-bond donors (Lipinski definition) is 2. The second-order valence-electron chi connectivity index (χ2n) is 4.01. The van der Waals surface area contributed by atoms with Crippen LogP contribution in [0.25, 0.3) is 0 Å². The normalized spacial score (nSPS) is 11.2. The summed E-state index contributed by atoms with van der Waals surface area (Å²) in [5.74, 6) is -1.39. The van der Waals surface area contributed by atoms with Crippen LogP contribution < -0.4 is 5.32 Å². The highest BCUT2D eigenvalue weighted by Crippen LogP contribution is 2.36. The number of nitrogens with zero attached hydrogens (tertiary/aromatic N) is 1. The first-order valence-electron chi connectivity index (χ1n) is 5.61. The molecular formula is C13H8ClF3N2O2. The van der Waals surface area contributed by atoms with Crippen LogP contribution in [0, 0.1) is 0 Å². The number of pyridine rings is 1. The molecule has 0 saturated carbocycles. The highest BCUT2D eigenvalue weighted by atomic mass is 35.5. The third kappa shape index (κ3) is 3.43. The molecule has 0 aliphatic rings. The van der Waals surface area contributed by atoms with E-state index in [4.69, 9.17) is 11.6 Å². The standard InChI is InChI=1S/C13H8ClF3N2O2/c14-7-3-4-9(8(6-7)13(15,16)17)19-12(21)11-10(20)2-1-5-18-11/h1-6,20H,(H,19,21). The molecule has 1 aromatic heterocycles. The number of anilines is 1. The molecule has 0 fully saturated rings. The fraction of sp³-hybridized carbons (Fsp3) is 0.0769. The van der Waals surface area contributed by atoms with Crippen molar-refractivity contribution in [1.82, 2.24) is 4.98 Å². The highest BCUT2D eigenvalue weighted by Gasteiger charge is 2.34. The van der Waals surface area contributed by atoms with E-state index < -0.39 is 29.1 Å². The summed E-state index contributed by atoms with van der Waals surface area (Å²) in [7, 11) is 0. The lowest BCUT2D eigenvalue weighted by Crippen LogP contribution is -2.17. The topological polar surface area (TPSA) is 62.2 Å². The Morgan fingerprint density at radius 3 is 2.62 bits per heavy atom. The number of amides is 1. The van der Waals surface area contributed by atoms with Crippen LogP contribution in [-0.2, 0) is 6.18 Å². The van der Waals surface area contributed by atoms with Crippen molar-refractivity contribution < 1.29 is 23.1 Å². The second-order valence-corrected chi connectivity index (χ2v) is 4.45. The maximum absolute atomic E-state index is 12.9. The Hall–Kier alpha value is -2.28. The molecule has 2 N–H and O–H groups in total. The number of carbonyl (C=O) groups is 1. The van der Waals surface area contributed by atoms with Crippen LogP contribution in [0.4, 0.5) is 18.9 Å². The number of alkyl halides is 3. The number of aromatic hydroxyl groups is 1. The van der Waals surface area contributed by atoms with Gasteiger partial charge in [0, 0.05) is 11.2 Å². The van der Waals surface area contributed by atoms with Gasteiger partial charge in [0.05, 0.1) is 11.3 Å². The van der Waals surface area contributed by atoms with Gasteiger partial charge in [0.25, 0.3) is 5.91 Å². The van der Waals surface area contributed by atoms with E-state index in [0.29, 0.717) is 6.07 Å². The molecule has 4 nitrogen and oxygen atoms in total. The summed E-state index contributed by atoms with van der Waals surface area (Å²) < 4.78 is 38.7. The van der Waals surface area contributed by atoms with Crippen molar-refractivity contribution in [3.63, 3.8) is 0 Å². The molecule has 1 amide bonds. The molecular weight excluding hydrogens is 309 g/mol. The fourth-order valence-electron chi connectivity index (χ4n) is 1.61. The van der Waals surface area contributed by atoms with E-state index in [-0.39, 0.29) is 10.7 Å². The molecule has 0 atom stereocenters. The van der Waals surface area contributed by atoms with Crippen molar-refractivity contribution in [3.8, 4) is 5.75 Å². The summed E-state index contributed by atoms with van der Waals surface area (Å²) in [4.78, 5) is 15.5. The molecule has 0 radical (unpaired) electrons. The highest BCUT2D eigenvalue weighted by molar-refractivity contribution is 6.30. The van der Waals surface area contributed by atoms with Gasteiger partial charge in [-0.3, -0.25) is 4.79 Å².